The average molecular weight is 538 g/mol. The summed E-state index contributed by atoms with van der Waals surface area (Å²) in [5.74, 6) is 0. The summed E-state index contributed by atoms with van der Waals surface area (Å²) in [5, 5.41) is 39.8. The van der Waals surface area contributed by atoms with Crippen LogP contribution in [0.2, 0.25) is 0 Å². The van der Waals surface area contributed by atoms with Gasteiger partial charge in [-0.3, -0.25) is 4.79 Å². The monoisotopic (exact) mass is 537 g/mol. The lowest BCUT2D eigenvalue weighted by Gasteiger charge is -2.25. The molecule has 6 nitrogen and oxygen atoms in total. The quantitative estimate of drug-likeness (QED) is 0.225. The smallest absolute Gasteiger partial charge is 0.150 e. The number of carbonyl (C=O) groups excluding carboxylic acids is 1. The van der Waals surface area contributed by atoms with E-state index in [1.807, 2.05) is 24.3 Å². The van der Waals surface area contributed by atoms with E-state index in [0.717, 1.165) is 56.3 Å². The SMILES string of the molecule is CCCCN(CCCC)c1ccc(C(C(=C(C#N)C#N)c2ccc(C=O)cc2)=c2ccc(=C(C#N)C#N)cc2)cc1. The van der Waals surface area contributed by atoms with Gasteiger partial charge in [-0.1, -0.05) is 87.4 Å². The summed E-state index contributed by atoms with van der Waals surface area (Å²) in [7, 11) is 0. The third kappa shape index (κ3) is 7.36. The largest absolute Gasteiger partial charge is 0.372 e. The number of allylic oxidation sites excluding steroid dienone is 2. The number of unbranched alkanes of at least 4 members (excludes halogenated alkanes) is 2. The van der Waals surface area contributed by atoms with Crippen molar-refractivity contribution in [1.29, 1.82) is 21.0 Å². The third-order valence-corrected chi connectivity index (χ3v) is 6.83. The second kappa shape index (κ2) is 15.2. The Hall–Kier alpha value is -5.43. The zero-order chi connectivity index (χ0) is 29.6. The van der Waals surface area contributed by atoms with Gasteiger partial charge >= 0.3 is 0 Å². The van der Waals surface area contributed by atoms with Crippen LogP contribution in [0.1, 0.15) is 61.0 Å². The molecule has 3 rings (SSSR count). The Balaban J connectivity index is 2.34. The Morgan fingerprint density at radius 2 is 1.20 bits per heavy atom. The number of benzene rings is 3. The van der Waals surface area contributed by atoms with Crippen molar-refractivity contribution in [3.63, 3.8) is 0 Å². The molecule has 0 fully saturated rings. The molecule has 0 spiro atoms. The first-order chi connectivity index (χ1) is 20.0. The lowest BCUT2D eigenvalue weighted by molar-refractivity contribution is 0.112. The molecule has 0 saturated heterocycles. The molecule has 0 aliphatic carbocycles. The van der Waals surface area contributed by atoms with E-state index in [-0.39, 0.29) is 11.1 Å². The second-order valence-corrected chi connectivity index (χ2v) is 9.51. The molecule has 0 N–H and O–H groups in total. The minimum Gasteiger partial charge on any atom is -0.372 e. The van der Waals surface area contributed by atoms with E-state index >= 15 is 0 Å². The Morgan fingerprint density at radius 1 is 0.683 bits per heavy atom. The van der Waals surface area contributed by atoms with E-state index in [9.17, 15) is 25.8 Å². The van der Waals surface area contributed by atoms with Crippen LogP contribution >= 0.6 is 0 Å². The van der Waals surface area contributed by atoms with Crippen LogP contribution in [-0.4, -0.2) is 19.4 Å². The number of carbonyl (C=O) groups is 1. The summed E-state index contributed by atoms with van der Waals surface area (Å²) in [5.41, 5.74) is 4.02. The number of rotatable bonds is 11. The number of hydrogen-bond acceptors (Lipinski definition) is 6. The molecular formula is C35H31N5O. The van der Waals surface area contributed by atoms with Gasteiger partial charge in [-0.2, -0.15) is 21.0 Å². The van der Waals surface area contributed by atoms with Crippen LogP contribution in [0.3, 0.4) is 0 Å². The molecule has 0 atom stereocenters. The fourth-order valence-electron chi connectivity index (χ4n) is 4.60. The Labute approximate surface area is 241 Å². The fraction of sp³-hybridized carbons (Fsp3) is 0.229. The molecule has 3 aromatic carbocycles. The minimum atomic E-state index is -0.0687. The van der Waals surface area contributed by atoms with Gasteiger partial charge in [0.15, 0.2) is 0 Å². The van der Waals surface area contributed by atoms with Crippen LogP contribution in [0.15, 0.2) is 78.4 Å². The van der Waals surface area contributed by atoms with E-state index in [0.29, 0.717) is 32.7 Å². The van der Waals surface area contributed by atoms with Crippen molar-refractivity contribution >= 4 is 28.7 Å². The molecule has 6 heteroatoms. The molecular weight excluding hydrogens is 506 g/mol. The summed E-state index contributed by atoms with van der Waals surface area (Å²) >= 11 is 0. The first-order valence-corrected chi connectivity index (χ1v) is 13.7. The van der Waals surface area contributed by atoms with E-state index in [4.69, 9.17) is 0 Å². The molecule has 0 aliphatic heterocycles. The predicted molar refractivity (Wildman–Crippen MR) is 161 cm³/mol. The molecule has 3 aromatic rings. The highest BCUT2D eigenvalue weighted by atomic mass is 16.1. The highest BCUT2D eigenvalue weighted by molar-refractivity contribution is 6.08. The maximum Gasteiger partial charge on any atom is 0.150 e. The van der Waals surface area contributed by atoms with Crippen molar-refractivity contribution in [2.24, 2.45) is 0 Å². The molecule has 0 aliphatic rings. The van der Waals surface area contributed by atoms with Gasteiger partial charge in [0.2, 0.25) is 0 Å². The number of nitrogens with zero attached hydrogens (tertiary/aromatic N) is 5. The van der Waals surface area contributed by atoms with Crippen LogP contribution < -0.4 is 15.3 Å². The van der Waals surface area contributed by atoms with Gasteiger partial charge in [-0.05, 0) is 46.9 Å². The molecule has 0 bridgehead atoms. The summed E-state index contributed by atoms with van der Waals surface area (Å²) in [6.07, 6.45) is 5.14. The third-order valence-electron chi connectivity index (χ3n) is 6.83. The van der Waals surface area contributed by atoms with Gasteiger partial charge in [0.05, 0.1) is 0 Å². The van der Waals surface area contributed by atoms with Gasteiger partial charge in [0.25, 0.3) is 0 Å². The normalized spacial score (nSPS) is 9.80. The van der Waals surface area contributed by atoms with Crippen molar-refractivity contribution < 1.29 is 4.79 Å². The van der Waals surface area contributed by atoms with Crippen LogP contribution in [-0.2, 0) is 0 Å². The molecule has 0 radical (unpaired) electrons. The van der Waals surface area contributed by atoms with Gasteiger partial charge in [-0.15, -0.1) is 0 Å². The first kappa shape index (κ1) is 30.1. The summed E-state index contributed by atoms with van der Waals surface area (Å²) in [6.45, 7) is 6.29. The lowest BCUT2D eigenvalue weighted by atomic mass is 9.87. The standard InChI is InChI=1S/C35H31N5O/c1-3-5-19-40(20-6-4-2)33-17-15-30(16-18-33)34(29-13-11-27(12-14-29)31(21-36)22-37)35(32(23-38)24-39)28-9-7-26(25-41)8-10-28/h7-18,25H,3-6,19-20H2,1-2H3. The van der Waals surface area contributed by atoms with Gasteiger partial charge in [-0.25, -0.2) is 0 Å². The zero-order valence-electron chi connectivity index (χ0n) is 23.4. The van der Waals surface area contributed by atoms with E-state index in [1.54, 1.807) is 48.5 Å². The summed E-state index contributed by atoms with van der Waals surface area (Å²) in [6, 6.07) is 29.8. The first-order valence-electron chi connectivity index (χ1n) is 13.7. The Bertz CT molecular complexity index is 1640. The second-order valence-electron chi connectivity index (χ2n) is 9.51. The average Bonchev–Trinajstić information content (AvgIpc) is 3.03. The fourth-order valence-corrected chi connectivity index (χ4v) is 4.60. The van der Waals surface area contributed by atoms with E-state index < -0.39 is 0 Å². The topological polar surface area (TPSA) is 115 Å². The van der Waals surface area contributed by atoms with E-state index in [2.05, 4.69) is 43.0 Å². The molecule has 41 heavy (non-hydrogen) atoms. The number of nitriles is 4. The van der Waals surface area contributed by atoms with Gasteiger partial charge < -0.3 is 4.90 Å². The van der Waals surface area contributed by atoms with Crippen molar-refractivity contribution in [2.45, 2.75) is 39.5 Å². The molecule has 0 aromatic heterocycles. The molecule has 0 saturated carbocycles. The summed E-state index contributed by atoms with van der Waals surface area (Å²) < 4.78 is 0. The molecule has 0 heterocycles. The van der Waals surface area contributed by atoms with E-state index in [1.165, 1.54) is 0 Å². The maximum absolute atomic E-state index is 11.3. The minimum absolute atomic E-state index is 0.00309. The van der Waals surface area contributed by atoms with Crippen LogP contribution in [0.25, 0.3) is 16.7 Å². The molecule has 0 unspecified atom stereocenters. The van der Waals surface area contributed by atoms with Gasteiger partial charge in [0.1, 0.15) is 41.7 Å². The van der Waals surface area contributed by atoms with Crippen LogP contribution in [0.4, 0.5) is 5.69 Å². The van der Waals surface area contributed by atoms with Crippen molar-refractivity contribution in [3.8, 4) is 24.3 Å². The molecule has 0 amide bonds. The van der Waals surface area contributed by atoms with Crippen molar-refractivity contribution in [2.75, 3.05) is 18.0 Å². The molecule has 202 valence electrons. The van der Waals surface area contributed by atoms with Crippen molar-refractivity contribution in [3.05, 3.63) is 105 Å². The lowest BCUT2D eigenvalue weighted by Crippen LogP contribution is -2.25. The Morgan fingerprint density at radius 3 is 1.66 bits per heavy atom. The number of hydrogen-bond donors (Lipinski definition) is 0. The number of aldehydes is 1. The highest BCUT2D eigenvalue weighted by Gasteiger charge is 2.18. The van der Waals surface area contributed by atoms with Crippen LogP contribution in [0, 0.1) is 45.3 Å². The zero-order valence-corrected chi connectivity index (χ0v) is 23.4. The van der Waals surface area contributed by atoms with Gasteiger partial charge in [0, 0.05) is 35.1 Å². The maximum atomic E-state index is 11.3. The highest BCUT2D eigenvalue weighted by Crippen LogP contribution is 2.33. The Kier molecular flexibility index (Phi) is 11.2. The van der Waals surface area contributed by atoms with Crippen molar-refractivity contribution in [1.82, 2.24) is 0 Å². The summed E-state index contributed by atoms with van der Waals surface area (Å²) in [4.78, 5) is 13.7. The number of anilines is 1. The predicted octanol–water partition coefficient (Wildman–Crippen LogP) is 5.80. The van der Waals surface area contributed by atoms with Crippen LogP contribution in [0.5, 0.6) is 0 Å².